The first-order valence-corrected chi connectivity index (χ1v) is 7.43. The zero-order chi connectivity index (χ0) is 15.4. The lowest BCUT2D eigenvalue weighted by atomic mass is 10.1. The van der Waals surface area contributed by atoms with Gasteiger partial charge >= 0.3 is 0 Å². The number of aromatic nitrogens is 1. The Bertz CT molecular complexity index is 709. The fraction of sp³-hybridized carbons (Fsp3) is 0.176. The first-order valence-electron chi connectivity index (χ1n) is 6.62. The van der Waals surface area contributed by atoms with Crippen molar-refractivity contribution in [2.45, 2.75) is 20.8 Å². The van der Waals surface area contributed by atoms with E-state index in [0.29, 0.717) is 0 Å². The number of aliphatic imine (C=N–C) groups is 1. The van der Waals surface area contributed by atoms with Crippen molar-refractivity contribution in [2.75, 3.05) is 0 Å². The molecule has 0 atom stereocenters. The molecule has 21 heavy (non-hydrogen) atoms. The van der Waals surface area contributed by atoms with E-state index in [1.807, 2.05) is 32.9 Å². The average Bonchev–Trinajstić information content (AvgIpc) is 2.81. The summed E-state index contributed by atoms with van der Waals surface area (Å²) in [6.45, 7) is 9.59. The van der Waals surface area contributed by atoms with Gasteiger partial charge in [0.15, 0.2) is 0 Å². The first-order chi connectivity index (χ1) is 10.0. The van der Waals surface area contributed by atoms with Crippen LogP contribution in [0.3, 0.4) is 0 Å². The summed E-state index contributed by atoms with van der Waals surface area (Å²) < 4.78 is 13.1. The first kappa shape index (κ1) is 15.3. The lowest BCUT2D eigenvalue weighted by molar-refractivity contribution is 0.628. The van der Waals surface area contributed by atoms with Crippen LogP contribution in [0, 0.1) is 12.7 Å². The summed E-state index contributed by atoms with van der Waals surface area (Å²) in [4.78, 5) is 10.0. The van der Waals surface area contributed by atoms with Gasteiger partial charge in [-0.2, -0.15) is 0 Å². The minimum atomic E-state index is -0.253. The highest BCUT2D eigenvalue weighted by molar-refractivity contribution is 7.14. The second-order valence-corrected chi connectivity index (χ2v) is 5.85. The van der Waals surface area contributed by atoms with Crippen molar-refractivity contribution >= 4 is 17.0 Å². The lowest BCUT2D eigenvalue weighted by Crippen LogP contribution is -1.97. The molecule has 108 valence electrons. The van der Waals surface area contributed by atoms with Gasteiger partial charge < -0.3 is 0 Å². The van der Waals surface area contributed by atoms with Crippen LogP contribution < -0.4 is 0 Å². The minimum Gasteiger partial charge on any atom is -0.253 e. The predicted molar refractivity (Wildman–Crippen MR) is 88.4 cm³/mol. The number of nitrogens with zero attached hydrogens (tertiary/aromatic N) is 2. The quantitative estimate of drug-likeness (QED) is 0.716. The van der Waals surface area contributed by atoms with Crippen molar-refractivity contribution in [2.24, 2.45) is 4.99 Å². The van der Waals surface area contributed by atoms with Gasteiger partial charge in [-0.15, -0.1) is 11.3 Å². The molecule has 0 aliphatic rings. The molecule has 0 N–H and O–H groups in total. The molecule has 0 unspecified atom stereocenters. The van der Waals surface area contributed by atoms with E-state index in [1.54, 1.807) is 23.5 Å². The molecule has 1 aromatic carbocycles. The van der Waals surface area contributed by atoms with Gasteiger partial charge in [0.05, 0.1) is 21.3 Å². The van der Waals surface area contributed by atoms with Crippen molar-refractivity contribution in [1.29, 1.82) is 0 Å². The van der Waals surface area contributed by atoms with Crippen molar-refractivity contribution in [1.82, 2.24) is 4.98 Å². The van der Waals surface area contributed by atoms with Gasteiger partial charge in [0.2, 0.25) is 0 Å². The van der Waals surface area contributed by atoms with E-state index in [1.165, 1.54) is 12.1 Å². The van der Waals surface area contributed by atoms with Gasteiger partial charge in [-0.25, -0.2) is 9.37 Å². The molecule has 0 aliphatic carbocycles. The number of allylic oxidation sites excluding steroid dienone is 3. The summed E-state index contributed by atoms with van der Waals surface area (Å²) in [5.41, 5.74) is 3.28. The normalized spacial score (nSPS) is 12.1. The molecular formula is C17H17FN2S. The minimum absolute atomic E-state index is 0.253. The number of hydrogen-bond donors (Lipinski definition) is 0. The fourth-order valence-electron chi connectivity index (χ4n) is 1.93. The number of halogens is 1. The fourth-order valence-corrected chi connectivity index (χ4v) is 2.84. The van der Waals surface area contributed by atoms with Gasteiger partial charge in [-0.05, 0) is 51.1 Å². The summed E-state index contributed by atoms with van der Waals surface area (Å²) in [5, 5.41) is 0.947. The Balaban J connectivity index is 2.59. The van der Waals surface area contributed by atoms with Crippen LogP contribution in [0.25, 0.3) is 11.3 Å². The summed E-state index contributed by atoms with van der Waals surface area (Å²) in [7, 11) is 0. The molecule has 0 fully saturated rings. The third kappa shape index (κ3) is 3.73. The summed E-state index contributed by atoms with van der Waals surface area (Å²) in [5.74, 6) is -0.253. The van der Waals surface area contributed by atoms with E-state index in [0.717, 1.165) is 32.6 Å². The molecule has 0 radical (unpaired) electrons. The molecule has 0 saturated heterocycles. The number of thiazole rings is 1. The Hall–Kier alpha value is -2.07. The molecule has 0 aliphatic heterocycles. The smallest absolute Gasteiger partial charge is 0.123 e. The van der Waals surface area contributed by atoms with Crippen LogP contribution in [0.1, 0.15) is 23.7 Å². The third-order valence-electron chi connectivity index (χ3n) is 2.72. The molecule has 2 aromatic rings. The monoisotopic (exact) mass is 300 g/mol. The van der Waals surface area contributed by atoms with Crippen molar-refractivity contribution in [3.63, 3.8) is 0 Å². The molecule has 0 saturated carbocycles. The van der Waals surface area contributed by atoms with E-state index in [4.69, 9.17) is 0 Å². The van der Waals surface area contributed by atoms with Crippen LogP contribution in [-0.2, 0) is 0 Å². The number of hydrogen-bond acceptors (Lipinski definition) is 3. The highest BCUT2D eigenvalue weighted by Gasteiger charge is 2.15. The molecule has 1 aromatic heterocycles. The van der Waals surface area contributed by atoms with Crippen LogP contribution in [0.5, 0.6) is 0 Å². The van der Waals surface area contributed by atoms with Gasteiger partial charge in [0.25, 0.3) is 0 Å². The van der Waals surface area contributed by atoms with Gasteiger partial charge in [0.1, 0.15) is 5.82 Å². The number of aryl methyl sites for hydroxylation is 1. The Morgan fingerprint density at radius 3 is 2.57 bits per heavy atom. The van der Waals surface area contributed by atoms with Gasteiger partial charge in [-0.1, -0.05) is 12.7 Å². The number of benzene rings is 1. The lowest BCUT2D eigenvalue weighted by Gasteiger charge is -2.03. The molecule has 0 amide bonds. The maximum absolute atomic E-state index is 13.1. The largest absolute Gasteiger partial charge is 0.253 e. The zero-order valence-corrected chi connectivity index (χ0v) is 13.2. The van der Waals surface area contributed by atoms with E-state index in [-0.39, 0.29) is 5.82 Å². The van der Waals surface area contributed by atoms with Crippen LogP contribution in [0.15, 0.2) is 53.7 Å². The maximum Gasteiger partial charge on any atom is 0.123 e. The topological polar surface area (TPSA) is 25.2 Å². The standard InChI is InChI=1S/C17H17FN2S/c1-5-6-15(19-11(2)3)17-16(20-12(4)21-17)13-7-9-14(18)10-8-13/h5-10H,2H2,1,3-4H3/b6-5-,19-15?. The zero-order valence-electron chi connectivity index (χ0n) is 12.4. The van der Waals surface area contributed by atoms with E-state index in [2.05, 4.69) is 16.6 Å². The van der Waals surface area contributed by atoms with E-state index < -0.39 is 0 Å². The average molecular weight is 300 g/mol. The van der Waals surface area contributed by atoms with Crippen LogP contribution in [0.2, 0.25) is 0 Å². The van der Waals surface area contributed by atoms with Gasteiger partial charge in [-0.3, -0.25) is 4.99 Å². The molecule has 1 heterocycles. The molecule has 2 nitrogen and oxygen atoms in total. The maximum atomic E-state index is 13.1. The van der Waals surface area contributed by atoms with Crippen molar-refractivity contribution in [3.8, 4) is 11.3 Å². The summed E-state index contributed by atoms with van der Waals surface area (Å²) in [6.07, 6.45) is 3.87. The van der Waals surface area contributed by atoms with E-state index >= 15 is 0 Å². The predicted octanol–water partition coefficient (Wildman–Crippen LogP) is 5.16. The van der Waals surface area contributed by atoms with E-state index in [9.17, 15) is 4.39 Å². The second-order valence-electron chi connectivity index (χ2n) is 4.65. The molecule has 2 rings (SSSR count). The summed E-state index contributed by atoms with van der Waals surface area (Å²) in [6, 6.07) is 6.36. The summed E-state index contributed by atoms with van der Waals surface area (Å²) >= 11 is 1.58. The Labute approximate surface area is 128 Å². The Kier molecular flexibility index (Phi) is 4.81. The van der Waals surface area contributed by atoms with Crippen LogP contribution in [-0.4, -0.2) is 10.7 Å². The molecular weight excluding hydrogens is 283 g/mol. The highest BCUT2D eigenvalue weighted by Crippen LogP contribution is 2.29. The van der Waals surface area contributed by atoms with Crippen LogP contribution in [0.4, 0.5) is 4.39 Å². The van der Waals surface area contributed by atoms with Crippen LogP contribution >= 0.6 is 11.3 Å². The molecule has 4 heteroatoms. The van der Waals surface area contributed by atoms with Crippen molar-refractivity contribution in [3.05, 3.63) is 64.4 Å². The highest BCUT2D eigenvalue weighted by atomic mass is 32.1. The van der Waals surface area contributed by atoms with Crippen molar-refractivity contribution < 1.29 is 4.39 Å². The SMILES string of the molecule is C=C(C)N=C(/C=C\C)c1sc(C)nc1-c1ccc(F)cc1. The van der Waals surface area contributed by atoms with Gasteiger partial charge in [0, 0.05) is 11.3 Å². The number of rotatable bonds is 4. The Morgan fingerprint density at radius 2 is 2.00 bits per heavy atom. The third-order valence-corrected chi connectivity index (χ3v) is 3.71. The Morgan fingerprint density at radius 1 is 1.33 bits per heavy atom. The second kappa shape index (κ2) is 6.59. The molecule has 0 bridgehead atoms. The molecule has 0 spiro atoms.